The molecule has 0 amide bonds. The summed E-state index contributed by atoms with van der Waals surface area (Å²) in [5.41, 5.74) is 2.25. The van der Waals surface area contributed by atoms with Gasteiger partial charge in [0, 0.05) is 25.1 Å². The quantitative estimate of drug-likeness (QED) is 0.798. The van der Waals surface area contributed by atoms with Crippen LogP contribution < -0.4 is 10.0 Å². The lowest BCUT2D eigenvalue weighted by Gasteiger charge is -2.13. The number of imidazole rings is 1. The van der Waals surface area contributed by atoms with E-state index in [9.17, 15) is 8.42 Å². The number of H-pyrrole nitrogens is 1. The van der Waals surface area contributed by atoms with Crippen molar-refractivity contribution in [1.82, 2.24) is 9.97 Å². The Morgan fingerprint density at radius 1 is 1.21 bits per heavy atom. The van der Waals surface area contributed by atoms with Crippen LogP contribution in [0.5, 0.6) is 0 Å². The maximum atomic E-state index is 12.3. The zero-order chi connectivity index (χ0) is 14.0. The van der Waals surface area contributed by atoms with Gasteiger partial charge in [-0.3, -0.25) is 0 Å². The molecule has 2 rings (SSSR count). The molecule has 0 saturated heterocycles. The minimum atomic E-state index is -3.64. The molecule has 1 aromatic carbocycles. The van der Waals surface area contributed by atoms with Crippen LogP contribution in [0.2, 0.25) is 0 Å². The van der Waals surface area contributed by atoms with E-state index in [0.717, 1.165) is 5.69 Å². The van der Waals surface area contributed by atoms with E-state index < -0.39 is 10.0 Å². The molecular weight excluding hydrogens is 264 g/mol. The minimum Gasteiger partial charge on any atom is -0.388 e. The van der Waals surface area contributed by atoms with Gasteiger partial charge in [0.25, 0.3) is 10.0 Å². The zero-order valence-electron chi connectivity index (χ0n) is 11.0. The van der Waals surface area contributed by atoms with Gasteiger partial charge < -0.3 is 10.3 Å². The number of benzene rings is 1. The third kappa shape index (κ3) is 2.70. The molecule has 2 aromatic rings. The van der Waals surface area contributed by atoms with Crippen LogP contribution >= 0.6 is 0 Å². The van der Waals surface area contributed by atoms with Crippen LogP contribution in [0.1, 0.15) is 11.1 Å². The fraction of sp³-hybridized carbons (Fsp3) is 0.250. The second-order valence-electron chi connectivity index (χ2n) is 4.23. The molecule has 102 valence electrons. The summed E-state index contributed by atoms with van der Waals surface area (Å²) in [4.78, 5) is 6.85. The molecule has 0 unspecified atom stereocenters. The van der Waals surface area contributed by atoms with Gasteiger partial charge in [0.1, 0.15) is 0 Å². The highest BCUT2D eigenvalue weighted by Crippen LogP contribution is 2.25. The Kier molecular flexibility index (Phi) is 3.48. The lowest BCUT2D eigenvalue weighted by Crippen LogP contribution is -2.16. The first-order valence-electron chi connectivity index (χ1n) is 5.75. The Labute approximate surface area is 112 Å². The minimum absolute atomic E-state index is 0.205. The van der Waals surface area contributed by atoms with Crippen LogP contribution in [0, 0.1) is 13.8 Å². The molecule has 0 aliphatic heterocycles. The molecule has 0 atom stereocenters. The first-order chi connectivity index (χ1) is 8.94. The summed E-state index contributed by atoms with van der Waals surface area (Å²) < 4.78 is 27.1. The standard InChI is InChI=1S/C12H16N4O2S/c1-8-6-10(13-3)7-9(2)11(8)19(17,18)16-12-14-4-5-15-12/h4-7,13H,1-3H3,(H2,14,15,16). The molecular formula is C12H16N4O2S. The van der Waals surface area contributed by atoms with Gasteiger partial charge in [0.15, 0.2) is 0 Å². The smallest absolute Gasteiger partial charge is 0.264 e. The van der Waals surface area contributed by atoms with E-state index in [1.807, 2.05) is 0 Å². The number of anilines is 2. The predicted octanol–water partition coefficient (Wildman–Crippen LogP) is 1.87. The van der Waals surface area contributed by atoms with Crippen molar-refractivity contribution in [1.29, 1.82) is 0 Å². The monoisotopic (exact) mass is 280 g/mol. The second kappa shape index (κ2) is 4.93. The van der Waals surface area contributed by atoms with Crippen molar-refractivity contribution >= 4 is 21.7 Å². The molecule has 0 spiro atoms. The highest BCUT2D eigenvalue weighted by molar-refractivity contribution is 7.92. The van der Waals surface area contributed by atoms with Crippen molar-refractivity contribution in [3.63, 3.8) is 0 Å². The average Bonchev–Trinajstić information content (AvgIpc) is 2.79. The number of hydrogen-bond acceptors (Lipinski definition) is 4. The maximum absolute atomic E-state index is 12.3. The van der Waals surface area contributed by atoms with Crippen LogP contribution in [0.25, 0.3) is 0 Å². The molecule has 0 saturated carbocycles. The van der Waals surface area contributed by atoms with Gasteiger partial charge in [-0.05, 0) is 37.1 Å². The molecule has 19 heavy (non-hydrogen) atoms. The van der Waals surface area contributed by atoms with Crippen molar-refractivity contribution in [2.45, 2.75) is 18.7 Å². The van der Waals surface area contributed by atoms with Crippen LogP contribution in [-0.4, -0.2) is 25.4 Å². The number of aromatic amines is 1. The summed E-state index contributed by atoms with van der Waals surface area (Å²) in [6, 6.07) is 3.59. The highest BCUT2D eigenvalue weighted by atomic mass is 32.2. The van der Waals surface area contributed by atoms with Crippen molar-refractivity contribution < 1.29 is 8.42 Å². The Hall–Kier alpha value is -2.02. The summed E-state index contributed by atoms with van der Waals surface area (Å²) >= 11 is 0. The molecule has 0 aliphatic carbocycles. The normalized spacial score (nSPS) is 11.3. The fourth-order valence-corrected chi connectivity index (χ4v) is 3.45. The van der Waals surface area contributed by atoms with Gasteiger partial charge in [-0.1, -0.05) is 0 Å². The first kappa shape index (κ1) is 13.4. The van der Waals surface area contributed by atoms with E-state index >= 15 is 0 Å². The van der Waals surface area contributed by atoms with E-state index in [0.29, 0.717) is 11.1 Å². The Morgan fingerprint density at radius 2 is 1.84 bits per heavy atom. The summed E-state index contributed by atoms with van der Waals surface area (Å²) in [7, 11) is -1.85. The van der Waals surface area contributed by atoms with Crippen LogP contribution in [0.3, 0.4) is 0 Å². The molecule has 0 bridgehead atoms. The Bertz CT molecular complexity index is 655. The number of sulfonamides is 1. The highest BCUT2D eigenvalue weighted by Gasteiger charge is 2.21. The third-order valence-corrected chi connectivity index (χ3v) is 4.39. The van der Waals surface area contributed by atoms with E-state index in [-0.39, 0.29) is 10.8 Å². The molecule has 0 radical (unpaired) electrons. The molecule has 6 nitrogen and oxygen atoms in total. The van der Waals surface area contributed by atoms with Gasteiger partial charge >= 0.3 is 0 Å². The van der Waals surface area contributed by atoms with Gasteiger partial charge in [0.05, 0.1) is 4.90 Å². The van der Waals surface area contributed by atoms with Crippen LogP contribution in [0.15, 0.2) is 29.4 Å². The Morgan fingerprint density at radius 3 is 2.32 bits per heavy atom. The number of hydrogen-bond donors (Lipinski definition) is 3. The molecule has 0 aliphatic rings. The number of nitrogens with one attached hydrogen (secondary N) is 3. The van der Waals surface area contributed by atoms with E-state index in [1.165, 1.54) is 6.20 Å². The summed E-state index contributed by atoms with van der Waals surface area (Å²) in [6.45, 7) is 3.54. The summed E-state index contributed by atoms with van der Waals surface area (Å²) in [5, 5.41) is 3.00. The van der Waals surface area contributed by atoms with Crippen molar-refractivity contribution in [2.75, 3.05) is 17.1 Å². The summed E-state index contributed by atoms with van der Waals surface area (Å²) in [6.07, 6.45) is 3.04. The van der Waals surface area contributed by atoms with Crippen molar-refractivity contribution in [3.05, 3.63) is 35.7 Å². The van der Waals surface area contributed by atoms with Crippen LogP contribution in [0.4, 0.5) is 11.6 Å². The molecule has 7 heteroatoms. The lowest BCUT2D eigenvalue weighted by molar-refractivity contribution is 0.599. The predicted molar refractivity (Wildman–Crippen MR) is 74.9 cm³/mol. The average molecular weight is 280 g/mol. The number of nitrogens with zero attached hydrogens (tertiary/aromatic N) is 1. The van der Waals surface area contributed by atoms with Gasteiger partial charge in [-0.15, -0.1) is 0 Å². The van der Waals surface area contributed by atoms with E-state index in [4.69, 9.17) is 0 Å². The number of aromatic nitrogens is 2. The van der Waals surface area contributed by atoms with Gasteiger partial charge in [-0.25, -0.2) is 18.1 Å². The largest absolute Gasteiger partial charge is 0.388 e. The molecule has 0 fully saturated rings. The van der Waals surface area contributed by atoms with Crippen molar-refractivity contribution in [3.8, 4) is 0 Å². The SMILES string of the molecule is CNc1cc(C)c(S(=O)(=O)Nc2ncc[nH]2)c(C)c1. The third-order valence-electron chi connectivity index (χ3n) is 2.75. The fourth-order valence-electron chi connectivity index (χ4n) is 2.02. The molecule has 3 N–H and O–H groups in total. The lowest BCUT2D eigenvalue weighted by atomic mass is 10.1. The number of aryl methyl sites for hydroxylation is 2. The molecule has 1 heterocycles. The second-order valence-corrected chi connectivity index (χ2v) is 5.85. The molecule has 1 aromatic heterocycles. The van der Waals surface area contributed by atoms with Gasteiger partial charge in [0.2, 0.25) is 5.95 Å². The van der Waals surface area contributed by atoms with Gasteiger partial charge in [-0.2, -0.15) is 0 Å². The maximum Gasteiger partial charge on any atom is 0.264 e. The first-order valence-corrected chi connectivity index (χ1v) is 7.23. The van der Waals surface area contributed by atoms with E-state index in [1.54, 1.807) is 39.2 Å². The van der Waals surface area contributed by atoms with Crippen molar-refractivity contribution in [2.24, 2.45) is 0 Å². The topological polar surface area (TPSA) is 86.9 Å². The Balaban J connectivity index is 2.46. The van der Waals surface area contributed by atoms with E-state index in [2.05, 4.69) is 20.0 Å². The summed E-state index contributed by atoms with van der Waals surface area (Å²) in [5.74, 6) is 0.205. The number of rotatable bonds is 4. The van der Waals surface area contributed by atoms with Crippen LogP contribution in [-0.2, 0) is 10.0 Å². The zero-order valence-corrected chi connectivity index (χ0v) is 11.8.